The summed E-state index contributed by atoms with van der Waals surface area (Å²) < 4.78 is 0.910. The molecule has 1 aromatic rings. The van der Waals surface area contributed by atoms with E-state index in [4.69, 9.17) is 17.3 Å². The minimum Gasteiger partial charge on any atom is -0.370 e. The number of hydrogen-bond donors (Lipinski definition) is 2. The molecule has 6 heteroatoms. The number of unbranched alkanes of at least 4 members (excludes halogenated alkanes) is 1. The monoisotopic (exact) mass is 380 g/mol. The molecule has 1 rings (SSSR count). The SMILES string of the molecule is NC(=O)CCCCNC(=O)c1ccc(I)c(Cl)c1. The molecule has 18 heavy (non-hydrogen) atoms. The normalized spacial score (nSPS) is 10.1. The number of nitrogens with one attached hydrogen (secondary N) is 1. The van der Waals surface area contributed by atoms with Crippen LogP contribution in [0.4, 0.5) is 0 Å². The van der Waals surface area contributed by atoms with Crippen LogP contribution in [0.25, 0.3) is 0 Å². The Hall–Kier alpha value is -0.820. The third-order valence-corrected chi connectivity index (χ3v) is 3.89. The van der Waals surface area contributed by atoms with Gasteiger partial charge in [0.2, 0.25) is 5.91 Å². The lowest BCUT2D eigenvalue weighted by Crippen LogP contribution is -2.24. The molecule has 0 aliphatic rings. The number of halogens is 2. The van der Waals surface area contributed by atoms with E-state index in [2.05, 4.69) is 27.9 Å². The molecular weight excluding hydrogens is 367 g/mol. The van der Waals surface area contributed by atoms with Crippen LogP contribution in [0.1, 0.15) is 29.6 Å². The Morgan fingerprint density at radius 3 is 2.67 bits per heavy atom. The van der Waals surface area contributed by atoms with E-state index in [1.165, 1.54) is 0 Å². The van der Waals surface area contributed by atoms with Crippen molar-refractivity contribution < 1.29 is 9.59 Å². The molecule has 0 saturated heterocycles. The van der Waals surface area contributed by atoms with Gasteiger partial charge in [-0.3, -0.25) is 9.59 Å². The average molecular weight is 381 g/mol. The Labute approximate surface area is 124 Å². The summed E-state index contributed by atoms with van der Waals surface area (Å²) in [5.41, 5.74) is 5.55. The third-order valence-electron chi connectivity index (χ3n) is 2.32. The lowest BCUT2D eigenvalue weighted by molar-refractivity contribution is -0.118. The van der Waals surface area contributed by atoms with Crippen molar-refractivity contribution in [2.75, 3.05) is 6.54 Å². The fourth-order valence-electron chi connectivity index (χ4n) is 1.37. The zero-order valence-electron chi connectivity index (χ0n) is 9.71. The molecule has 0 aliphatic heterocycles. The molecule has 3 N–H and O–H groups in total. The predicted octanol–water partition coefficient (Wildman–Crippen LogP) is 2.33. The maximum Gasteiger partial charge on any atom is 0.251 e. The quantitative estimate of drug-likeness (QED) is 0.587. The van der Waals surface area contributed by atoms with Crippen molar-refractivity contribution in [1.29, 1.82) is 0 Å². The molecule has 2 amide bonds. The Kier molecular flexibility index (Phi) is 6.42. The van der Waals surface area contributed by atoms with E-state index in [1.807, 2.05) is 0 Å². The Morgan fingerprint density at radius 2 is 2.06 bits per heavy atom. The van der Waals surface area contributed by atoms with Gasteiger partial charge in [0.25, 0.3) is 5.91 Å². The van der Waals surface area contributed by atoms with E-state index >= 15 is 0 Å². The van der Waals surface area contributed by atoms with E-state index in [0.717, 1.165) is 9.99 Å². The van der Waals surface area contributed by atoms with Gasteiger partial charge in [0.1, 0.15) is 0 Å². The summed E-state index contributed by atoms with van der Waals surface area (Å²) in [6.07, 6.45) is 1.76. The number of nitrogens with two attached hydrogens (primary N) is 1. The summed E-state index contributed by atoms with van der Waals surface area (Å²) >= 11 is 8.04. The second-order valence-electron chi connectivity index (χ2n) is 3.81. The molecule has 0 saturated carbocycles. The van der Waals surface area contributed by atoms with Crippen molar-refractivity contribution in [1.82, 2.24) is 5.32 Å². The highest BCUT2D eigenvalue weighted by Gasteiger charge is 2.07. The van der Waals surface area contributed by atoms with Crippen molar-refractivity contribution in [2.24, 2.45) is 5.73 Å². The average Bonchev–Trinajstić information content (AvgIpc) is 2.31. The predicted molar refractivity (Wildman–Crippen MR) is 79.5 cm³/mol. The van der Waals surface area contributed by atoms with Gasteiger partial charge >= 0.3 is 0 Å². The minimum absolute atomic E-state index is 0.160. The highest BCUT2D eigenvalue weighted by Crippen LogP contribution is 2.19. The molecule has 0 spiro atoms. The molecular formula is C12H14ClIN2O2. The summed E-state index contributed by atoms with van der Waals surface area (Å²) in [6, 6.07) is 5.17. The van der Waals surface area contributed by atoms with Crippen LogP contribution in [0, 0.1) is 3.57 Å². The summed E-state index contributed by atoms with van der Waals surface area (Å²) in [4.78, 5) is 22.2. The maximum atomic E-state index is 11.7. The number of amides is 2. The Balaban J connectivity index is 2.36. The van der Waals surface area contributed by atoms with Crippen LogP contribution in [-0.4, -0.2) is 18.4 Å². The topological polar surface area (TPSA) is 72.2 Å². The van der Waals surface area contributed by atoms with E-state index in [1.54, 1.807) is 18.2 Å². The van der Waals surface area contributed by atoms with Crippen LogP contribution in [0.15, 0.2) is 18.2 Å². The largest absolute Gasteiger partial charge is 0.370 e. The van der Waals surface area contributed by atoms with Crippen molar-refractivity contribution >= 4 is 46.0 Å². The molecule has 0 aliphatic carbocycles. The number of carbonyl (C=O) groups is 2. The van der Waals surface area contributed by atoms with Gasteiger partial charge in [0.05, 0.1) is 5.02 Å². The Morgan fingerprint density at radius 1 is 1.33 bits per heavy atom. The second kappa shape index (κ2) is 7.58. The smallest absolute Gasteiger partial charge is 0.251 e. The lowest BCUT2D eigenvalue weighted by Gasteiger charge is -2.05. The van der Waals surface area contributed by atoms with Gasteiger partial charge in [0, 0.05) is 22.1 Å². The molecule has 1 aromatic carbocycles. The first-order valence-electron chi connectivity index (χ1n) is 5.52. The zero-order chi connectivity index (χ0) is 13.5. The van der Waals surface area contributed by atoms with E-state index < -0.39 is 0 Å². The van der Waals surface area contributed by atoms with E-state index in [9.17, 15) is 9.59 Å². The van der Waals surface area contributed by atoms with Crippen LogP contribution in [0.2, 0.25) is 5.02 Å². The highest BCUT2D eigenvalue weighted by molar-refractivity contribution is 14.1. The fourth-order valence-corrected chi connectivity index (χ4v) is 1.88. The molecule has 0 fully saturated rings. The molecule has 0 unspecified atom stereocenters. The molecule has 0 radical (unpaired) electrons. The van der Waals surface area contributed by atoms with Crippen molar-refractivity contribution in [3.8, 4) is 0 Å². The first-order chi connectivity index (χ1) is 8.50. The zero-order valence-corrected chi connectivity index (χ0v) is 12.6. The van der Waals surface area contributed by atoms with Crippen LogP contribution >= 0.6 is 34.2 Å². The van der Waals surface area contributed by atoms with E-state index in [-0.39, 0.29) is 11.8 Å². The number of primary amides is 1. The van der Waals surface area contributed by atoms with Gasteiger partial charge in [-0.2, -0.15) is 0 Å². The lowest BCUT2D eigenvalue weighted by atomic mass is 10.2. The van der Waals surface area contributed by atoms with Crippen molar-refractivity contribution in [2.45, 2.75) is 19.3 Å². The third kappa shape index (κ3) is 5.22. The molecule has 4 nitrogen and oxygen atoms in total. The molecule has 0 heterocycles. The highest BCUT2D eigenvalue weighted by atomic mass is 127. The van der Waals surface area contributed by atoms with Crippen LogP contribution in [0.3, 0.4) is 0 Å². The summed E-state index contributed by atoms with van der Waals surface area (Å²) in [5, 5.41) is 3.33. The van der Waals surface area contributed by atoms with Gasteiger partial charge in [-0.25, -0.2) is 0 Å². The molecule has 0 aromatic heterocycles. The number of rotatable bonds is 6. The van der Waals surface area contributed by atoms with Gasteiger partial charge in [-0.1, -0.05) is 11.6 Å². The van der Waals surface area contributed by atoms with Gasteiger partial charge in [0.15, 0.2) is 0 Å². The summed E-state index contributed by atoms with van der Waals surface area (Å²) in [7, 11) is 0. The molecule has 0 atom stereocenters. The van der Waals surface area contributed by atoms with Crippen molar-refractivity contribution in [3.63, 3.8) is 0 Å². The number of hydrogen-bond acceptors (Lipinski definition) is 2. The Bertz CT molecular complexity index is 452. The number of benzene rings is 1. The molecule has 98 valence electrons. The first kappa shape index (κ1) is 15.2. The van der Waals surface area contributed by atoms with Gasteiger partial charge in [-0.15, -0.1) is 0 Å². The second-order valence-corrected chi connectivity index (χ2v) is 5.38. The fraction of sp³-hybridized carbons (Fsp3) is 0.333. The summed E-state index contributed by atoms with van der Waals surface area (Å²) in [6.45, 7) is 0.524. The standard InChI is InChI=1S/C12H14ClIN2O2/c13-9-7-8(4-5-10(9)14)12(18)16-6-2-1-3-11(15)17/h4-5,7H,1-3,6H2,(H2,15,17)(H,16,18). The van der Waals surface area contributed by atoms with Gasteiger partial charge < -0.3 is 11.1 Å². The van der Waals surface area contributed by atoms with Crippen LogP contribution in [-0.2, 0) is 4.79 Å². The molecule has 0 bridgehead atoms. The van der Waals surface area contributed by atoms with Crippen LogP contribution < -0.4 is 11.1 Å². The van der Waals surface area contributed by atoms with Gasteiger partial charge in [-0.05, 0) is 53.6 Å². The van der Waals surface area contributed by atoms with Crippen molar-refractivity contribution in [3.05, 3.63) is 32.4 Å². The first-order valence-corrected chi connectivity index (χ1v) is 6.98. The van der Waals surface area contributed by atoms with Crippen LogP contribution in [0.5, 0.6) is 0 Å². The van der Waals surface area contributed by atoms with E-state index in [0.29, 0.717) is 30.0 Å². The summed E-state index contributed by atoms with van der Waals surface area (Å²) in [5.74, 6) is -0.474. The number of carbonyl (C=O) groups excluding carboxylic acids is 2. The maximum absolute atomic E-state index is 11.7. The minimum atomic E-state index is -0.314.